The molecular formula is C14H12O4. The van der Waals surface area contributed by atoms with Crippen LogP contribution >= 0.6 is 0 Å². The Kier molecular flexibility index (Phi) is 2.79. The Bertz CT molecular complexity index is 571. The zero-order valence-corrected chi connectivity index (χ0v) is 9.84. The smallest absolute Gasteiger partial charge is 0.371 e. The number of hydrogen-bond acceptors (Lipinski definition) is 3. The molecular weight excluding hydrogens is 232 g/mol. The highest BCUT2D eigenvalue weighted by Gasteiger charge is 2.43. The third kappa shape index (κ3) is 1.82. The molecule has 0 fully saturated rings. The van der Waals surface area contributed by atoms with Crippen LogP contribution in [0.2, 0.25) is 0 Å². The fraction of sp³-hybridized carbons (Fsp3) is 0.143. The molecule has 0 aromatic heterocycles. The molecule has 1 aliphatic rings. The molecule has 0 spiro atoms. The van der Waals surface area contributed by atoms with Crippen molar-refractivity contribution in [2.45, 2.75) is 12.5 Å². The van der Waals surface area contributed by atoms with Gasteiger partial charge in [-0.3, -0.25) is 4.79 Å². The van der Waals surface area contributed by atoms with Gasteiger partial charge in [-0.05, 0) is 18.6 Å². The number of carboxylic acid groups (broad SMARTS) is 1. The van der Waals surface area contributed by atoms with E-state index in [0.29, 0.717) is 5.56 Å². The lowest BCUT2D eigenvalue weighted by Gasteiger charge is -2.23. The van der Waals surface area contributed by atoms with Gasteiger partial charge in [0.1, 0.15) is 0 Å². The van der Waals surface area contributed by atoms with Crippen molar-refractivity contribution in [3.8, 4) is 0 Å². The molecule has 92 valence electrons. The third-order valence-corrected chi connectivity index (χ3v) is 2.93. The second-order valence-corrected chi connectivity index (χ2v) is 4.14. The Labute approximate surface area is 104 Å². The van der Waals surface area contributed by atoms with Crippen LogP contribution in [-0.4, -0.2) is 16.9 Å². The molecule has 1 aromatic rings. The lowest BCUT2D eigenvalue weighted by Crippen LogP contribution is -2.30. The van der Waals surface area contributed by atoms with E-state index >= 15 is 0 Å². The molecule has 0 amide bonds. The number of hydrogen-bond donors (Lipinski definition) is 1. The van der Waals surface area contributed by atoms with Crippen LogP contribution in [0.1, 0.15) is 18.1 Å². The maximum atomic E-state index is 11.9. The molecule has 1 aromatic carbocycles. The van der Waals surface area contributed by atoms with Crippen molar-refractivity contribution in [3.63, 3.8) is 0 Å². The summed E-state index contributed by atoms with van der Waals surface area (Å²) in [5.74, 6) is -1.94. The first-order chi connectivity index (χ1) is 8.47. The lowest BCUT2D eigenvalue weighted by molar-refractivity contribution is -0.141. The zero-order valence-electron chi connectivity index (χ0n) is 9.84. The highest BCUT2D eigenvalue weighted by Crippen LogP contribution is 2.35. The van der Waals surface area contributed by atoms with Crippen LogP contribution in [0.4, 0.5) is 0 Å². The van der Waals surface area contributed by atoms with Crippen LogP contribution in [0.25, 0.3) is 6.08 Å². The van der Waals surface area contributed by atoms with Gasteiger partial charge in [-0.15, -0.1) is 0 Å². The Balaban J connectivity index is 2.42. The minimum Gasteiger partial charge on any atom is -0.475 e. The van der Waals surface area contributed by atoms with Gasteiger partial charge in [-0.1, -0.05) is 30.9 Å². The van der Waals surface area contributed by atoms with Crippen molar-refractivity contribution in [2.24, 2.45) is 0 Å². The fourth-order valence-electron chi connectivity index (χ4n) is 1.83. The first-order valence-electron chi connectivity index (χ1n) is 5.39. The molecule has 4 nitrogen and oxygen atoms in total. The number of rotatable bonds is 3. The number of aliphatic carboxylic acids is 1. The van der Waals surface area contributed by atoms with Gasteiger partial charge < -0.3 is 9.84 Å². The Morgan fingerprint density at radius 2 is 2.22 bits per heavy atom. The van der Waals surface area contributed by atoms with E-state index in [1.54, 1.807) is 31.2 Å². The second-order valence-electron chi connectivity index (χ2n) is 4.14. The maximum Gasteiger partial charge on any atom is 0.371 e. The maximum absolute atomic E-state index is 11.9. The first-order valence-corrected chi connectivity index (χ1v) is 5.39. The van der Waals surface area contributed by atoms with Crippen molar-refractivity contribution in [1.29, 1.82) is 0 Å². The van der Waals surface area contributed by atoms with E-state index in [4.69, 9.17) is 9.84 Å². The molecule has 0 radical (unpaired) electrons. The molecule has 0 bridgehead atoms. The molecule has 2 rings (SSSR count). The highest BCUT2D eigenvalue weighted by molar-refractivity contribution is 6.05. The van der Waals surface area contributed by atoms with Gasteiger partial charge in [0.2, 0.25) is 11.5 Å². The standard InChI is InChI=1S/C14H12O4/c1-3-9-5-4-6-10(7-9)14(2)12(15)8-11(18-14)13(16)17/h3-8H,1H2,2H3,(H,16,17). The summed E-state index contributed by atoms with van der Waals surface area (Å²) in [7, 11) is 0. The normalized spacial score (nSPS) is 22.3. The number of ketones is 1. The molecule has 18 heavy (non-hydrogen) atoms. The summed E-state index contributed by atoms with van der Waals surface area (Å²) >= 11 is 0. The van der Waals surface area contributed by atoms with Crippen LogP contribution in [0.5, 0.6) is 0 Å². The predicted molar refractivity (Wildman–Crippen MR) is 65.7 cm³/mol. The Morgan fingerprint density at radius 1 is 1.50 bits per heavy atom. The summed E-state index contributed by atoms with van der Waals surface area (Å²) in [6, 6.07) is 7.09. The number of ether oxygens (including phenoxy) is 1. The molecule has 4 heteroatoms. The minimum atomic E-state index is -1.27. The van der Waals surface area contributed by atoms with Crippen molar-refractivity contribution in [3.05, 3.63) is 53.8 Å². The van der Waals surface area contributed by atoms with Gasteiger partial charge in [0.15, 0.2) is 5.60 Å². The highest BCUT2D eigenvalue weighted by atomic mass is 16.5. The molecule has 0 aliphatic carbocycles. The average Bonchev–Trinajstić information content (AvgIpc) is 2.67. The third-order valence-electron chi connectivity index (χ3n) is 2.93. The molecule has 1 unspecified atom stereocenters. The van der Waals surface area contributed by atoms with Gasteiger partial charge >= 0.3 is 5.97 Å². The largest absolute Gasteiger partial charge is 0.475 e. The molecule has 1 heterocycles. The van der Waals surface area contributed by atoms with E-state index in [-0.39, 0.29) is 11.5 Å². The summed E-state index contributed by atoms with van der Waals surface area (Å²) in [4.78, 5) is 22.7. The first kappa shape index (κ1) is 12.1. The van der Waals surface area contributed by atoms with E-state index in [1.165, 1.54) is 0 Å². The number of carbonyl (C=O) groups is 2. The van der Waals surface area contributed by atoms with Gasteiger partial charge in [-0.2, -0.15) is 0 Å². The van der Waals surface area contributed by atoms with Crippen LogP contribution < -0.4 is 0 Å². The van der Waals surface area contributed by atoms with Crippen molar-refractivity contribution >= 4 is 17.8 Å². The Hall–Kier alpha value is -2.36. The summed E-state index contributed by atoms with van der Waals surface area (Å²) < 4.78 is 5.29. The van der Waals surface area contributed by atoms with E-state index in [1.807, 2.05) is 6.07 Å². The fourth-order valence-corrected chi connectivity index (χ4v) is 1.83. The van der Waals surface area contributed by atoms with Crippen molar-refractivity contribution in [1.82, 2.24) is 0 Å². The van der Waals surface area contributed by atoms with Gasteiger partial charge in [-0.25, -0.2) is 4.79 Å². The Morgan fingerprint density at radius 3 is 2.78 bits per heavy atom. The molecule has 0 saturated heterocycles. The van der Waals surface area contributed by atoms with Crippen LogP contribution in [0, 0.1) is 0 Å². The predicted octanol–water partition coefficient (Wildman–Crippen LogP) is 2.11. The van der Waals surface area contributed by atoms with E-state index < -0.39 is 11.6 Å². The summed E-state index contributed by atoms with van der Waals surface area (Å²) in [6.07, 6.45) is 2.67. The monoisotopic (exact) mass is 244 g/mol. The topological polar surface area (TPSA) is 63.6 Å². The second kappa shape index (κ2) is 4.14. The summed E-state index contributed by atoms with van der Waals surface area (Å²) in [5, 5.41) is 8.85. The van der Waals surface area contributed by atoms with Crippen molar-refractivity contribution < 1.29 is 19.4 Å². The quantitative estimate of drug-likeness (QED) is 0.884. The van der Waals surface area contributed by atoms with Gasteiger partial charge in [0, 0.05) is 11.6 Å². The number of benzene rings is 1. The molecule has 1 aliphatic heterocycles. The van der Waals surface area contributed by atoms with Gasteiger partial charge in [0.05, 0.1) is 0 Å². The number of carboxylic acids is 1. The zero-order chi connectivity index (χ0) is 13.3. The minimum absolute atomic E-state index is 0.327. The molecule has 1 atom stereocenters. The summed E-state index contributed by atoms with van der Waals surface area (Å²) in [6.45, 7) is 5.21. The molecule has 1 N–H and O–H groups in total. The van der Waals surface area contributed by atoms with Crippen LogP contribution in [-0.2, 0) is 19.9 Å². The van der Waals surface area contributed by atoms with E-state index in [0.717, 1.165) is 11.6 Å². The summed E-state index contributed by atoms with van der Waals surface area (Å²) in [5.41, 5.74) is 0.179. The van der Waals surface area contributed by atoms with E-state index in [9.17, 15) is 9.59 Å². The van der Waals surface area contributed by atoms with Crippen LogP contribution in [0.3, 0.4) is 0 Å². The number of carbonyl (C=O) groups excluding carboxylic acids is 1. The molecule has 0 saturated carbocycles. The van der Waals surface area contributed by atoms with Crippen molar-refractivity contribution in [2.75, 3.05) is 0 Å². The van der Waals surface area contributed by atoms with Crippen LogP contribution in [0.15, 0.2) is 42.7 Å². The lowest BCUT2D eigenvalue weighted by atomic mass is 9.91. The van der Waals surface area contributed by atoms with Gasteiger partial charge in [0.25, 0.3) is 0 Å². The SMILES string of the molecule is C=Cc1cccc(C2(C)OC(C(=O)O)=CC2=O)c1. The van der Waals surface area contributed by atoms with E-state index in [2.05, 4.69) is 6.58 Å². The average molecular weight is 244 g/mol.